The molecule has 0 aromatic heterocycles. The van der Waals surface area contributed by atoms with Crippen LogP contribution >= 0.6 is 47.8 Å². The Balaban J connectivity index is 0.000000257. The molecule has 0 aliphatic carbocycles. The molecule has 0 radical (unpaired) electrons. The van der Waals surface area contributed by atoms with Gasteiger partial charge in [-0.2, -0.15) is 0 Å². The van der Waals surface area contributed by atoms with Crippen molar-refractivity contribution in [2.75, 3.05) is 21.3 Å². The molecule has 138 valence electrons. The van der Waals surface area contributed by atoms with E-state index in [1.54, 1.807) is 6.07 Å². The SMILES string of the molecule is COc1cc(C)c(OC)c(OC)c1O.Cc1cc(Br)c(O)c(Br)c1Br. The van der Waals surface area contributed by atoms with Crippen LogP contribution in [0.4, 0.5) is 0 Å². The van der Waals surface area contributed by atoms with Gasteiger partial charge in [-0.25, -0.2) is 0 Å². The average Bonchev–Trinajstić information content (AvgIpc) is 2.59. The summed E-state index contributed by atoms with van der Waals surface area (Å²) in [4.78, 5) is 0. The maximum Gasteiger partial charge on any atom is 0.207 e. The molecule has 0 saturated heterocycles. The number of hydrogen-bond donors (Lipinski definition) is 2. The van der Waals surface area contributed by atoms with Gasteiger partial charge in [-0.1, -0.05) is 0 Å². The summed E-state index contributed by atoms with van der Waals surface area (Å²) >= 11 is 9.82. The molecule has 0 aliphatic heterocycles. The average molecular weight is 543 g/mol. The van der Waals surface area contributed by atoms with Gasteiger partial charge >= 0.3 is 0 Å². The number of phenols is 2. The lowest BCUT2D eigenvalue weighted by molar-refractivity contribution is 0.314. The summed E-state index contributed by atoms with van der Waals surface area (Å²) in [6.45, 7) is 3.81. The molecule has 8 heteroatoms. The summed E-state index contributed by atoms with van der Waals surface area (Å²) in [6.07, 6.45) is 0. The molecule has 25 heavy (non-hydrogen) atoms. The van der Waals surface area contributed by atoms with Gasteiger partial charge in [-0.15, -0.1) is 0 Å². The van der Waals surface area contributed by atoms with Gasteiger partial charge in [0.2, 0.25) is 11.5 Å². The highest BCUT2D eigenvalue weighted by Gasteiger charge is 2.17. The van der Waals surface area contributed by atoms with Gasteiger partial charge < -0.3 is 24.4 Å². The lowest BCUT2D eigenvalue weighted by Gasteiger charge is -2.14. The monoisotopic (exact) mass is 540 g/mol. The molecule has 2 rings (SSSR count). The first kappa shape index (κ1) is 21.9. The molecule has 0 atom stereocenters. The van der Waals surface area contributed by atoms with Crippen molar-refractivity contribution in [1.29, 1.82) is 0 Å². The molecule has 0 heterocycles. The third kappa shape index (κ3) is 4.95. The Morgan fingerprint density at radius 2 is 1.28 bits per heavy atom. The molecule has 0 amide bonds. The second-order valence-electron chi connectivity index (χ2n) is 4.96. The fourth-order valence-corrected chi connectivity index (χ4v) is 3.67. The summed E-state index contributed by atoms with van der Waals surface area (Å²) in [6, 6.07) is 3.54. The van der Waals surface area contributed by atoms with E-state index in [0.29, 0.717) is 26.2 Å². The van der Waals surface area contributed by atoms with Crippen molar-refractivity contribution in [2.24, 2.45) is 0 Å². The van der Waals surface area contributed by atoms with Gasteiger partial charge in [0.05, 0.1) is 30.3 Å². The maximum atomic E-state index is 9.70. The first-order valence-electron chi connectivity index (χ1n) is 7.01. The van der Waals surface area contributed by atoms with E-state index in [1.165, 1.54) is 21.3 Å². The topological polar surface area (TPSA) is 68.2 Å². The fraction of sp³-hybridized carbons (Fsp3) is 0.294. The Hall–Kier alpha value is -1.12. The van der Waals surface area contributed by atoms with Crippen LogP contribution in [0.2, 0.25) is 0 Å². The van der Waals surface area contributed by atoms with Gasteiger partial charge in [-0.3, -0.25) is 0 Å². The lowest BCUT2D eigenvalue weighted by Crippen LogP contribution is -1.95. The molecule has 0 aliphatic rings. The van der Waals surface area contributed by atoms with E-state index in [2.05, 4.69) is 47.8 Å². The molecular formula is C17H19Br3O5. The van der Waals surface area contributed by atoms with Gasteiger partial charge in [0.1, 0.15) is 5.75 Å². The molecule has 5 nitrogen and oxygen atoms in total. The molecular weight excluding hydrogens is 524 g/mol. The summed E-state index contributed by atoms with van der Waals surface area (Å²) < 4.78 is 17.4. The Bertz CT molecular complexity index is 737. The number of aryl methyl sites for hydroxylation is 2. The molecule has 2 aromatic carbocycles. The number of ether oxygens (including phenoxy) is 3. The highest BCUT2D eigenvalue weighted by atomic mass is 79.9. The van der Waals surface area contributed by atoms with Crippen LogP contribution in [-0.2, 0) is 0 Å². The fourth-order valence-electron chi connectivity index (χ4n) is 2.03. The second-order valence-corrected chi connectivity index (χ2v) is 7.40. The van der Waals surface area contributed by atoms with Crippen molar-refractivity contribution >= 4 is 47.8 Å². The molecule has 2 aromatic rings. The van der Waals surface area contributed by atoms with Gasteiger partial charge in [0.15, 0.2) is 11.5 Å². The van der Waals surface area contributed by atoms with E-state index >= 15 is 0 Å². The van der Waals surface area contributed by atoms with Crippen LogP contribution in [0.25, 0.3) is 0 Å². The predicted octanol–water partition coefficient (Wildman–Crippen LogP) is 5.71. The molecule has 2 N–H and O–H groups in total. The van der Waals surface area contributed by atoms with Crippen LogP contribution in [-0.4, -0.2) is 31.5 Å². The Labute approximate surface area is 172 Å². The lowest BCUT2D eigenvalue weighted by atomic mass is 10.2. The Morgan fingerprint density at radius 3 is 1.76 bits per heavy atom. The van der Waals surface area contributed by atoms with Crippen molar-refractivity contribution in [3.8, 4) is 28.7 Å². The van der Waals surface area contributed by atoms with E-state index in [9.17, 15) is 10.2 Å². The zero-order valence-corrected chi connectivity index (χ0v) is 19.2. The molecule has 0 bridgehead atoms. The van der Waals surface area contributed by atoms with Crippen LogP contribution in [0.15, 0.2) is 25.6 Å². The van der Waals surface area contributed by atoms with Gasteiger partial charge in [0.25, 0.3) is 0 Å². The molecule has 0 saturated carbocycles. The standard InChI is InChI=1S/C10H14O4.C7H5Br3O/c1-6-5-7(12-2)8(11)10(14-4)9(6)13-3;1-3-2-4(8)7(11)6(10)5(3)9/h5,11H,1-4H3;2,11H,1H3. The van der Waals surface area contributed by atoms with E-state index < -0.39 is 0 Å². The Morgan fingerprint density at radius 1 is 0.720 bits per heavy atom. The van der Waals surface area contributed by atoms with Crippen LogP contribution in [0, 0.1) is 13.8 Å². The number of rotatable bonds is 3. The van der Waals surface area contributed by atoms with E-state index in [0.717, 1.165) is 15.6 Å². The number of hydrogen-bond acceptors (Lipinski definition) is 5. The van der Waals surface area contributed by atoms with E-state index in [1.807, 2.05) is 19.9 Å². The van der Waals surface area contributed by atoms with Crippen molar-refractivity contribution < 1.29 is 24.4 Å². The Kier molecular flexibility index (Phi) is 8.37. The molecule has 0 unspecified atom stereocenters. The number of phenolic OH excluding ortho intramolecular Hbond substituents is 2. The summed E-state index contributed by atoms with van der Waals surface area (Å²) in [5.74, 6) is 1.37. The summed E-state index contributed by atoms with van der Waals surface area (Å²) in [5, 5.41) is 19.1. The predicted molar refractivity (Wildman–Crippen MR) is 108 cm³/mol. The van der Waals surface area contributed by atoms with Crippen LogP contribution < -0.4 is 14.2 Å². The number of methoxy groups -OCH3 is 3. The molecule has 0 spiro atoms. The number of benzene rings is 2. The van der Waals surface area contributed by atoms with Crippen LogP contribution in [0.5, 0.6) is 28.7 Å². The van der Waals surface area contributed by atoms with Gasteiger partial charge in [0, 0.05) is 4.47 Å². The molecule has 0 fully saturated rings. The first-order valence-corrected chi connectivity index (χ1v) is 9.38. The number of halogens is 3. The second kappa shape index (κ2) is 9.54. The smallest absolute Gasteiger partial charge is 0.207 e. The van der Waals surface area contributed by atoms with Crippen LogP contribution in [0.1, 0.15) is 11.1 Å². The summed E-state index contributed by atoms with van der Waals surface area (Å²) in [7, 11) is 4.48. The largest absolute Gasteiger partial charge is 0.506 e. The van der Waals surface area contributed by atoms with Crippen molar-refractivity contribution in [2.45, 2.75) is 13.8 Å². The van der Waals surface area contributed by atoms with E-state index in [-0.39, 0.29) is 11.5 Å². The third-order valence-corrected chi connectivity index (χ3v) is 6.24. The minimum Gasteiger partial charge on any atom is -0.506 e. The van der Waals surface area contributed by atoms with Crippen molar-refractivity contribution in [3.63, 3.8) is 0 Å². The number of aromatic hydroxyl groups is 2. The summed E-state index contributed by atoms with van der Waals surface area (Å²) in [5.41, 5.74) is 1.92. The minimum absolute atomic E-state index is 0.0440. The zero-order valence-electron chi connectivity index (χ0n) is 14.4. The third-order valence-electron chi connectivity index (χ3n) is 3.30. The van der Waals surface area contributed by atoms with E-state index in [4.69, 9.17) is 14.2 Å². The van der Waals surface area contributed by atoms with Crippen molar-refractivity contribution in [1.82, 2.24) is 0 Å². The maximum absolute atomic E-state index is 9.70. The highest BCUT2D eigenvalue weighted by Crippen LogP contribution is 2.45. The van der Waals surface area contributed by atoms with Crippen molar-refractivity contribution in [3.05, 3.63) is 36.7 Å². The minimum atomic E-state index is -0.0440. The normalized spacial score (nSPS) is 9.92. The zero-order chi connectivity index (χ0) is 19.3. The quantitative estimate of drug-likeness (QED) is 0.486. The van der Waals surface area contributed by atoms with Gasteiger partial charge in [-0.05, 0) is 84.9 Å². The van der Waals surface area contributed by atoms with Crippen LogP contribution in [0.3, 0.4) is 0 Å². The first-order chi connectivity index (χ1) is 11.7. The highest BCUT2D eigenvalue weighted by molar-refractivity contribution is 9.13.